The maximum Gasteiger partial charge on any atom is 0.194 e. The van der Waals surface area contributed by atoms with Gasteiger partial charge < -0.3 is 18.9 Å². The van der Waals surface area contributed by atoms with Crippen LogP contribution in [0.4, 0.5) is 0 Å². The predicted molar refractivity (Wildman–Crippen MR) is 65.5 cm³/mol. The molecule has 0 amide bonds. The first-order valence-electron chi connectivity index (χ1n) is 5.61. The number of hydrogen-bond acceptors (Lipinski definition) is 4. The maximum atomic E-state index is 5.80. The van der Waals surface area contributed by atoms with Crippen LogP contribution in [-0.4, -0.2) is 33.7 Å². The molecule has 0 aliphatic carbocycles. The lowest BCUT2D eigenvalue weighted by Gasteiger charge is -2.24. The van der Waals surface area contributed by atoms with Crippen LogP contribution < -0.4 is 9.47 Å². The SMILES string of the molecule is CCC(Oc1ccc(OC)cc1)C(OC)OC. The molecular weight excluding hydrogens is 220 g/mol. The van der Waals surface area contributed by atoms with Crippen molar-refractivity contribution in [2.45, 2.75) is 25.7 Å². The summed E-state index contributed by atoms with van der Waals surface area (Å²) in [5.41, 5.74) is 0. The standard InChI is InChI=1S/C13H20O4/c1-5-12(13(15-3)16-4)17-11-8-6-10(14-2)7-9-11/h6-9,12-13H,5H2,1-4H3. The van der Waals surface area contributed by atoms with Gasteiger partial charge in [-0.3, -0.25) is 0 Å². The average Bonchev–Trinajstić information content (AvgIpc) is 2.39. The van der Waals surface area contributed by atoms with E-state index < -0.39 is 0 Å². The molecule has 0 spiro atoms. The first-order valence-corrected chi connectivity index (χ1v) is 5.61. The second kappa shape index (κ2) is 7.14. The van der Waals surface area contributed by atoms with Crippen molar-refractivity contribution in [2.24, 2.45) is 0 Å². The Labute approximate surface area is 102 Å². The fraction of sp³-hybridized carbons (Fsp3) is 0.538. The van der Waals surface area contributed by atoms with Crippen molar-refractivity contribution in [3.8, 4) is 11.5 Å². The largest absolute Gasteiger partial charge is 0.497 e. The monoisotopic (exact) mass is 240 g/mol. The third-order valence-electron chi connectivity index (χ3n) is 2.52. The highest BCUT2D eigenvalue weighted by atomic mass is 16.7. The zero-order valence-corrected chi connectivity index (χ0v) is 10.8. The zero-order valence-electron chi connectivity index (χ0n) is 10.8. The Morgan fingerprint density at radius 2 is 1.47 bits per heavy atom. The molecule has 4 heteroatoms. The Hall–Kier alpha value is -1.26. The molecule has 0 N–H and O–H groups in total. The molecule has 1 unspecified atom stereocenters. The normalized spacial score (nSPS) is 12.5. The second-order valence-electron chi connectivity index (χ2n) is 3.58. The molecule has 0 aliphatic rings. The van der Waals surface area contributed by atoms with Gasteiger partial charge in [0.1, 0.15) is 17.6 Å². The minimum Gasteiger partial charge on any atom is -0.497 e. The van der Waals surface area contributed by atoms with Gasteiger partial charge >= 0.3 is 0 Å². The third kappa shape index (κ3) is 3.91. The summed E-state index contributed by atoms with van der Waals surface area (Å²) in [6, 6.07) is 7.45. The van der Waals surface area contributed by atoms with Gasteiger partial charge in [-0.05, 0) is 30.7 Å². The van der Waals surface area contributed by atoms with Gasteiger partial charge in [0.25, 0.3) is 0 Å². The molecule has 96 valence electrons. The summed E-state index contributed by atoms with van der Waals surface area (Å²) >= 11 is 0. The van der Waals surface area contributed by atoms with Crippen LogP contribution >= 0.6 is 0 Å². The van der Waals surface area contributed by atoms with Crippen molar-refractivity contribution in [1.82, 2.24) is 0 Å². The van der Waals surface area contributed by atoms with E-state index in [1.54, 1.807) is 21.3 Å². The third-order valence-corrected chi connectivity index (χ3v) is 2.52. The van der Waals surface area contributed by atoms with Crippen LogP contribution in [0.15, 0.2) is 24.3 Å². The van der Waals surface area contributed by atoms with Crippen LogP contribution in [-0.2, 0) is 9.47 Å². The summed E-state index contributed by atoms with van der Waals surface area (Å²) in [4.78, 5) is 0. The van der Waals surface area contributed by atoms with Crippen LogP contribution in [0.1, 0.15) is 13.3 Å². The Morgan fingerprint density at radius 1 is 0.941 bits per heavy atom. The topological polar surface area (TPSA) is 36.9 Å². The van der Waals surface area contributed by atoms with E-state index in [4.69, 9.17) is 18.9 Å². The van der Waals surface area contributed by atoms with E-state index in [9.17, 15) is 0 Å². The molecule has 17 heavy (non-hydrogen) atoms. The fourth-order valence-corrected chi connectivity index (χ4v) is 1.56. The Morgan fingerprint density at radius 3 is 1.88 bits per heavy atom. The van der Waals surface area contributed by atoms with Gasteiger partial charge in [0.05, 0.1) is 7.11 Å². The molecule has 1 atom stereocenters. The smallest absolute Gasteiger partial charge is 0.194 e. The lowest BCUT2D eigenvalue weighted by Crippen LogP contribution is -2.34. The van der Waals surface area contributed by atoms with Crippen molar-refractivity contribution in [3.05, 3.63) is 24.3 Å². The van der Waals surface area contributed by atoms with Gasteiger partial charge in [0.2, 0.25) is 0 Å². The molecule has 1 aromatic carbocycles. The molecule has 0 saturated carbocycles. The van der Waals surface area contributed by atoms with Gasteiger partial charge in [-0.15, -0.1) is 0 Å². The first-order chi connectivity index (χ1) is 8.24. The van der Waals surface area contributed by atoms with Crippen molar-refractivity contribution >= 4 is 0 Å². The van der Waals surface area contributed by atoms with Gasteiger partial charge in [0, 0.05) is 14.2 Å². The molecule has 0 aromatic heterocycles. The highest BCUT2D eigenvalue weighted by Gasteiger charge is 2.20. The van der Waals surface area contributed by atoms with Crippen molar-refractivity contribution in [1.29, 1.82) is 0 Å². The number of hydrogen-bond donors (Lipinski definition) is 0. The molecule has 4 nitrogen and oxygen atoms in total. The first kappa shape index (κ1) is 13.8. The molecule has 0 aliphatic heterocycles. The lowest BCUT2D eigenvalue weighted by atomic mass is 10.2. The molecule has 0 radical (unpaired) electrons. The predicted octanol–water partition coefficient (Wildman–Crippen LogP) is 2.47. The lowest BCUT2D eigenvalue weighted by molar-refractivity contribution is -0.156. The summed E-state index contributed by atoms with van der Waals surface area (Å²) in [5.74, 6) is 1.58. The summed E-state index contributed by atoms with van der Waals surface area (Å²) in [6.07, 6.45) is 0.318. The van der Waals surface area contributed by atoms with Crippen molar-refractivity contribution in [3.63, 3.8) is 0 Å². The molecule has 1 rings (SSSR count). The summed E-state index contributed by atoms with van der Waals surface area (Å²) in [6.45, 7) is 2.03. The van der Waals surface area contributed by atoms with E-state index in [2.05, 4.69) is 0 Å². The minimum absolute atomic E-state index is 0.126. The molecule has 0 saturated heterocycles. The zero-order chi connectivity index (χ0) is 12.7. The highest BCUT2D eigenvalue weighted by molar-refractivity contribution is 5.31. The molecule has 1 aromatic rings. The fourth-order valence-electron chi connectivity index (χ4n) is 1.56. The number of rotatable bonds is 7. The van der Waals surface area contributed by atoms with Crippen LogP contribution in [0, 0.1) is 0 Å². The van der Waals surface area contributed by atoms with E-state index in [1.807, 2.05) is 31.2 Å². The van der Waals surface area contributed by atoms with E-state index in [0.717, 1.165) is 17.9 Å². The van der Waals surface area contributed by atoms with Crippen LogP contribution in [0.3, 0.4) is 0 Å². The summed E-state index contributed by atoms with van der Waals surface area (Å²) in [5, 5.41) is 0. The molecule has 0 heterocycles. The number of ether oxygens (including phenoxy) is 4. The second-order valence-corrected chi connectivity index (χ2v) is 3.58. The Balaban J connectivity index is 2.66. The summed E-state index contributed by atoms with van der Waals surface area (Å²) in [7, 11) is 4.85. The average molecular weight is 240 g/mol. The van der Waals surface area contributed by atoms with Crippen molar-refractivity contribution in [2.75, 3.05) is 21.3 Å². The highest BCUT2D eigenvalue weighted by Crippen LogP contribution is 2.20. The molecular formula is C13H20O4. The molecule has 0 fully saturated rings. The van der Waals surface area contributed by atoms with Gasteiger partial charge in [0.15, 0.2) is 6.29 Å². The van der Waals surface area contributed by atoms with Crippen LogP contribution in [0.5, 0.6) is 11.5 Å². The number of benzene rings is 1. The van der Waals surface area contributed by atoms with Gasteiger partial charge in [-0.25, -0.2) is 0 Å². The van der Waals surface area contributed by atoms with E-state index in [-0.39, 0.29) is 12.4 Å². The molecule has 0 bridgehead atoms. The Bertz CT molecular complexity index is 306. The van der Waals surface area contributed by atoms with Gasteiger partial charge in [-0.2, -0.15) is 0 Å². The van der Waals surface area contributed by atoms with Gasteiger partial charge in [-0.1, -0.05) is 6.92 Å². The van der Waals surface area contributed by atoms with E-state index in [0.29, 0.717) is 0 Å². The maximum absolute atomic E-state index is 5.80. The van der Waals surface area contributed by atoms with Crippen LogP contribution in [0.2, 0.25) is 0 Å². The quantitative estimate of drug-likeness (QED) is 0.686. The van der Waals surface area contributed by atoms with Crippen LogP contribution in [0.25, 0.3) is 0 Å². The van der Waals surface area contributed by atoms with E-state index >= 15 is 0 Å². The number of methoxy groups -OCH3 is 3. The van der Waals surface area contributed by atoms with E-state index in [1.165, 1.54) is 0 Å². The summed E-state index contributed by atoms with van der Waals surface area (Å²) < 4.78 is 21.3. The minimum atomic E-state index is -0.359. The Kier molecular flexibility index (Phi) is 5.80. The van der Waals surface area contributed by atoms with Crippen molar-refractivity contribution < 1.29 is 18.9 Å².